The quantitative estimate of drug-likeness (QED) is 0.0679. The molecular formula is C52H59FN8O4S. The minimum absolute atomic E-state index is 0.0693. The predicted molar refractivity (Wildman–Crippen MR) is 261 cm³/mol. The molecule has 2 N–H and O–H groups in total. The summed E-state index contributed by atoms with van der Waals surface area (Å²) < 4.78 is 36.6. The molecule has 1 amide bonds. The normalized spacial score (nSPS) is 13.4. The number of amides is 1. The van der Waals surface area contributed by atoms with Gasteiger partial charge in [0.2, 0.25) is 0 Å². The molecule has 0 atom stereocenters. The summed E-state index contributed by atoms with van der Waals surface area (Å²) in [6.45, 7) is 14.1. The second-order valence-corrected chi connectivity index (χ2v) is 18.0. The van der Waals surface area contributed by atoms with Crippen molar-refractivity contribution >= 4 is 50.1 Å². The van der Waals surface area contributed by atoms with Gasteiger partial charge in [-0.2, -0.15) is 0 Å². The number of carbonyl (C=O) groups excluding carboxylic acids is 1. The molecule has 1 aliphatic rings. The van der Waals surface area contributed by atoms with E-state index in [2.05, 4.69) is 102 Å². The van der Waals surface area contributed by atoms with Crippen LogP contribution in [0.25, 0.3) is 55.2 Å². The topological polar surface area (TPSA) is 125 Å². The first kappa shape index (κ1) is 45.2. The maximum absolute atomic E-state index is 15.3. The van der Waals surface area contributed by atoms with Gasteiger partial charge in [0.05, 0.1) is 41.1 Å². The molecule has 0 bridgehead atoms. The molecule has 4 aromatic heterocycles. The van der Waals surface area contributed by atoms with Crippen LogP contribution in [-0.2, 0) is 42.0 Å². The molecule has 66 heavy (non-hydrogen) atoms. The monoisotopic (exact) mass is 910 g/mol. The van der Waals surface area contributed by atoms with Crippen LogP contribution in [0.1, 0.15) is 61.0 Å². The van der Waals surface area contributed by atoms with Crippen molar-refractivity contribution in [2.45, 2.75) is 78.9 Å². The molecule has 14 heteroatoms. The second-order valence-electron chi connectivity index (χ2n) is 17.2. The molecule has 0 spiro atoms. The minimum Gasteiger partial charge on any atom is -0.481 e. The molecule has 8 aromatic rings. The van der Waals surface area contributed by atoms with Crippen molar-refractivity contribution in [2.24, 2.45) is 0 Å². The highest BCUT2D eigenvalue weighted by molar-refractivity contribution is 7.07. The van der Waals surface area contributed by atoms with E-state index in [1.807, 2.05) is 25.4 Å². The van der Waals surface area contributed by atoms with Crippen LogP contribution in [0.3, 0.4) is 0 Å². The summed E-state index contributed by atoms with van der Waals surface area (Å²) in [5.74, 6) is 1.06. The third-order valence-corrected chi connectivity index (χ3v) is 13.4. The summed E-state index contributed by atoms with van der Waals surface area (Å²) in [5, 5.41) is 15.3. The lowest BCUT2D eigenvalue weighted by molar-refractivity contribution is -0.123. The van der Waals surface area contributed by atoms with E-state index in [1.54, 1.807) is 17.4 Å². The first-order valence-corrected chi connectivity index (χ1v) is 24.3. The lowest BCUT2D eigenvalue weighted by Gasteiger charge is -2.27. The number of carbonyl (C=O) groups is 1. The number of ether oxygens (including phenoxy) is 2. The Morgan fingerprint density at radius 1 is 0.833 bits per heavy atom. The first-order chi connectivity index (χ1) is 32.3. The van der Waals surface area contributed by atoms with Gasteiger partial charge in [-0.25, -0.2) is 14.4 Å². The number of rotatable bonds is 21. The number of aryl methyl sites for hydroxylation is 5. The number of aromatic nitrogens is 5. The first-order valence-electron chi connectivity index (χ1n) is 23.4. The zero-order valence-electron chi connectivity index (χ0n) is 38.2. The Balaban J connectivity index is 0.696. The molecule has 5 heterocycles. The van der Waals surface area contributed by atoms with E-state index in [-0.39, 0.29) is 18.3 Å². The maximum Gasteiger partial charge on any atom is 0.257 e. The van der Waals surface area contributed by atoms with Gasteiger partial charge in [0.1, 0.15) is 11.6 Å². The number of nitrogens with zero attached hydrogens (tertiary/aromatic N) is 6. The van der Waals surface area contributed by atoms with Crippen LogP contribution in [0.2, 0.25) is 0 Å². The molecule has 1 fully saturated rings. The highest BCUT2D eigenvalue weighted by atomic mass is 32.1. The number of hydrogen-bond acceptors (Lipinski definition) is 10. The Morgan fingerprint density at radius 3 is 2.44 bits per heavy atom. The van der Waals surface area contributed by atoms with Crippen molar-refractivity contribution in [1.82, 2.24) is 39.8 Å². The molecule has 4 aromatic carbocycles. The second kappa shape index (κ2) is 21.1. The Hall–Kier alpha value is -5.93. The molecule has 1 aliphatic heterocycles. The fourth-order valence-corrected chi connectivity index (χ4v) is 9.87. The number of benzene rings is 4. The number of unbranched alkanes of at least 4 members (excludes halogenated alkanes) is 3. The number of imidazole rings is 1. The molecular weight excluding hydrogens is 852 g/mol. The van der Waals surface area contributed by atoms with E-state index in [9.17, 15) is 4.79 Å². The van der Waals surface area contributed by atoms with Crippen molar-refractivity contribution in [1.29, 1.82) is 0 Å². The molecule has 0 saturated carbocycles. The van der Waals surface area contributed by atoms with Gasteiger partial charge >= 0.3 is 0 Å². The summed E-state index contributed by atoms with van der Waals surface area (Å²) in [4.78, 5) is 24.6. The fourth-order valence-electron chi connectivity index (χ4n) is 9.31. The summed E-state index contributed by atoms with van der Waals surface area (Å²) in [5.41, 5.74) is 13.5. The molecule has 1 saturated heterocycles. The van der Waals surface area contributed by atoms with Crippen molar-refractivity contribution in [2.75, 3.05) is 52.5 Å². The fraction of sp³-hybridized carbons (Fsp3) is 0.385. The number of morpholine rings is 1. The summed E-state index contributed by atoms with van der Waals surface area (Å²) in [7, 11) is 0. The van der Waals surface area contributed by atoms with E-state index in [4.69, 9.17) is 19.0 Å². The standard InChI is InChI=1S/C52H59FN8O4S/c1-4-60-46-15-9-38(27-42(46)41-14-12-39(30-48(41)60)45-33-66-34-56-45)31-54-19-7-5-6-8-20-55-51(62)32-64-49-17-10-37(28-43(49)53)11-18-50-57-44-29-40(52-35(2)58-65-36(52)3)13-16-47(44)61(50)22-21-59-23-25-63-26-24-59/h9-10,12-17,27-30,33-34,54H,4-8,11,18-26,31-32H2,1-3H3,(H,55,62). The highest BCUT2D eigenvalue weighted by Gasteiger charge is 2.19. The van der Waals surface area contributed by atoms with Crippen LogP contribution in [0.4, 0.5) is 4.39 Å². The van der Waals surface area contributed by atoms with Gasteiger partial charge in [-0.3, -0.25) is 9.69 Å². The Morgan fingerprint density at radius 2 is 1.65 bits per heavy atom. The SMILES string of the molecule is CCn1c2ccc(CNCCCCCCNC(=O)COc3ccc(CCc4nc5cc(-c6c(C)noc6C)ccc5n4CCN4CCOCC4)cc3F)cc2c2ccc(-c3cscn3)cc21. The number of halogens is 1. The number of nitrogens with one attached hydrogen (secondary N) is 2. The number of fused-ring (bicyclic) bond motifs is 4. The molecule has 12 nitrogen and oxygen atoms in total. The zero-order valence-corrected chi connectivity index (χ0v) is 39.0. The number of hydrogen-bond donors (Lipinski definition) is 2. The summed E-state index contributed by atoms with van der Waals surface area (Å²) in [6, 6.07) is 24.8. The van der Waals surface area contributed by atoms with Crippen LogP contribution in [0.15, 0.2) is 88.2 Å². The lowest BCUT2D eigenvalue weighted by Crippen LogP contribution is -2.38. The van der Waals surface area contributed by atoms with Crippen LogP contribution in [0.5, 0.6) is 5.75 Å². The van der Waals surface area contributed by atoms with Crippen LogP contribution in [0, 0.1) is 19.7 Å². The molecule has 9 rings (SSSR count). The molecule has 0 unspecified atom stereocenters. The Labute approximate surface area is 389 Å². The highest BCUT2D eigenvalue weighted by Crippen LogP contribution is 2.34. The van der Waals surface area contributed by atoms with Crippen molar-refractivity contribution in [3.05, 3.63) is 118 Å². The molecule has 0 aliphatic carbocycles. The average Bonchev–Trinajstić information content (AvgIpc) is 4.14. The van der Waals surface area contributed by atoms with Crippen molar-refractivity contribution < 1.29 is 23.2 Å². The minimum atomic E-state index is -0.482. The van der Waals surface area contributed by atoms with E-state index in [0.717, 1.165) is 141 Å². The number of thiazole rings is 1. The molecule has 344 valence electrons. The van der Waals surface area contributed by atoms with Gasteiger partial charge in [0, 0.05) is 90.5 Å². The summed E-state index contributed by atoms with van der Waals surface area (Å²) in [6.07, 6.45) is 5.25. The van der Waals surface area contributed by atoms with E-state index in [1.165, 1.54) is 33.4 Å². The van der Waals surface area contributed by atoms with E-state index in [0.29, 0.717) is 19.4 Å². The van der Waals surface area contributed by atoms with Gasteiger partial charge in [0.25, 0.3) is 5.91 Å². The van der Waals surface area contributed by atoms with Gasteiger partial charge in [-0.15, -0.1) is 11.3 Å². The van der Waals surface area contributed by atoms with Crippen LogP contribution in [-0.4, -0.2) is 87.6 Å². The third kappa shape index (κ3) is 10.4. The van der Waals surface area contributed by atoms with Crippen molar-refractivity contribution in [3.8, 4) is 28.1 Å². The zero-order chi connectivity index (χ0) is 45.4. The average molecular weight is 911 g/mol. The van der Waals surface area contributed by atoms with Gasteiger partial charge < -0.3 is 33.8 Å². The smallest absolute Gasteiger partial charge is 0.257 e. The maximum atomic E-state index is 15.3. The van der Waals surface area contributed by atoms with E-state index >= 15 is 4.39 Å². The van der Waals surface area contributed by atoms with Gasteiger partial charge in [0.15, 0.2) is 18.2 Å². The van der Waals surface area contributed by atoms with Crippen LogP contribution >= 0.6 is 11.3 Å². The van der Waals surface area contributed by atoms with Crippen LogP contribution < -0.4 is 15.4 Å². The largest absolute Gasteiger partial charge is 0.481 e. The summed E-state index contributed by atoms with van der Waals surface area (Å²) >= 11 is 1.62. The lowest BCUT2D eigenvalue weighted by atomic mass is 10.0. The van der Waals surface area contributed by atoms with Gasteiger partial charge in [-0.05, 0) is 106 Å². The van der Waals surface area contributed by atoms with E-state index < -0.39 is 5.82 Å². The predicted octanol–water partition coefficient (Wildman–Crippen LogP) is 9.66. The Kier molecular flexibility index (Phi) is 14.5. The molecule has 0 radical (unpaired) electrons. The van der Waals surface area contributed by atoms with Crippen molar-refractivity contribution in [3.63, 3.8) is 0 Å². The van der Waals surface area contributed by atoms with Gasteiger partial charge in [-0.1, -0.05) is 48.3 Å². The third-order valence-electron chi connectivity index (χ3n) is 12.8. The Bertz CT molecular complexity index is 2900.